The molecular weight excluding hydrogens is 296 g/mol. The van der Waals surface area contributed by atoms with Crippen LogP contribution in [0.4, 0.5) is 11.4 Å². The van der Waals surface area contributed by atoms with Crippen LogP contribution in [0.3, 0.4) is 0 Å². The molecule has 2 rings (SSSR count). The van der Waals surface area contributed by atoms with Crippen molar-refractivity contribution in [2.45, 2.75) is 12.0 Å². The van der Waals surface area contributed by atoms with Gasteiger partial charge in [-0.05, 0) is 12.1 Å². The number of hydrogen-bond donors (Lipinski definition) is 3. The van der Waals surface area contributed by atoms with Crippen molar-refractivity contribution >= 4 is 23.1 Å². The molecule has 0 bridgehead atoms. The van der Waals surface area contributed by atoms with Crippen LogP contribution in [0.15, 0.2) is 35.7 Å². The van der Waals surface area contributed by atoms with Crippen LogP contribution in [-0.4, -0.2) is 39.6 Å². The number of rotatable bonds is 4. The summed E-state index contributed by atoms with van der Waals surface area (Å²) in [5, 5.41) is 33.1. The maximum absolute atomic E-state index is 11.7. The predicted molar refractivity (Wildman–Crippen MR) is 73.0 cm³/mol. The molecule has 0 aromatic heterocycles. The van der Waals surface area contributed by atoms with E-state index in [1.54, 1.807) is 0 Å². The smallest absolute Gasteiger partial charge is 0.344 e. The number of carbonyl (C=O) groups excluding carboxylic acids is 2. The number of ether oxygens (including phenoxy) is 1. The first-order valence-electron chi connectivity index (χ1n) is 6.09. The van der Waals surface area contributed by atoms with Crippen LogP contribution in [0, 0.1) is 10.1 Å². The van der Waals surface area contributed by atoms with E-state index in [0.29, 0.717) is 0 Å². The minimum atomic E-state index is -2.32. The largest absolute Gasteiger partial charge is 0.503 e. The number of nitro groups is 1. The molecule has 116 valence electrons. The van der Waals surface area contributed by atoms with Crippen molar-refractivity contribution in [2.75, 3.05) is 12.4 Å². The lowest BCUT2D eigenvalue weighted by Crippen LogP contribution is -2.42. The molecule has 0 fully saturated rings. The molecule has 1 aromatic rings. The summed E-state index contributed by atoms with van der Waals surface area (Å²) in [6, 6.07) is 4.99. The number of non-ortho nitro benzene ring substituents is 1. The molecule has 0 spiro atoms. The van der Waals surface area contributed by atoms with E-state index < -0.39 is 40.2 Å². The van der Waals surface area contributed by atoms with Crippen LogP contribution in [0.25, 0.3) is 0 Å². The third-order valence-electron chi connectivity index (χ3n) is 3.20. The van der Waals surface area contributed by atoms with E-state index >= 15 is 0 Å². The van der Waals surface area contributed by atoms with Gasteiger partial charge in [0.2, 0.25) is 11.4 Å². The van der Waals surface area contributed by atoms with E-state index in [2.05, 4.69) is 10.1 Å². The highest BCUT2D eigenvalue weighted by Gasteiger charge is 2.52. The molecule has 0 heterocycles. The average molecular weight is 308 g/mol. The Morgan fingerprint density at radius 2 is 2.00 bits per heavy atom. The van der Waals surface area contributed by atoms with Gasteiger partial charge >= 0.3 is 5.97 Å². The molecule has 1 aliphatic carbocycles. The maximum atomic E-state index is 11.7. The number of hydrogen-bond acceptors (Lipinski definition) is 8. The van der Waals surface area contributed by atoms with E-state index in [-0.39, 0.29) is 11.4 Å². The van der Waals surface area contributed by atoms with Crippen LogP contribution in [0.2, 0.25) is 0 Å². The molecule has 1 atom stereocenters. The number of ketones is 1. The molecule has 1 unspecified atom stereocenters. The first-order valence-corrected chi connectivity index (χ1v) is 6.09. The monoisotopic (exact) mass is 308 g/mol. The Balaban J connectivity index is 2.34. The molecule has 9 heteroatoms. The maximum Gasteiger partial charge on any atom is 0.344 e. The second kappa shape index (κ2) is 5.45. The van der Waals surface area contributed by atoms with Gasteiger partial charge in [0.15, 0.2) is 5.76 Å². The Hall–Kier alpha value is -2.94. The average Bonchev–Trinajstić information content (AvgIpc) is 2.71. The SMILES string of the molecule is COC(=O)C1(O)CC(=O)C(O)=C1Nc1ccc([N+](=O)[O-])cc1. The number of Topliss-reactive ketones (excluding diaryl/α,β-unsaturated/α-hetero) is 1. The second-order valence-corrected chi connectivity index (χ2v) is 4.60. The Morgan fingerprint density at radius 3 is 2.50 bits per heavy atom. The van der Waals surface area contributed by atoms with E-state index in [1.807, 2.05) is 0 Å². The van der Waals surface area contributed by atoms with Gasteiger partial charge in [-0.3, -0.25) is 14.9 Å². The van der Waals surface area contributed by atoms with Gasteiger partial charge in [0.05, 0.1) is 18.5 Å². The highest BCUT2D eigenvalue weighted by Crippen LogP contribution is 2.34. The van der Waals surface area contributed by atoms with Crippen LogP contribution >= 0.6 is 0 Å². The van der Waals surface area contributed by atoms with Gasteiger partial charge < -0.3 is 20.3 Å². The summed E-state index contributed by atoms with van der Waals surface area (Å²) < 4.78 is 4.44. The fraction of sp³-hybridized carbons (Fsp3) is 0.231. The molecule has 0 aliphatic heterocycles. The van der Waals surface area contributed by atoms with Crippen LogP contribution in [-0.2, 0) is 14.3 Å². The standard InChI is InChI=1S/C13H12N2O7/c1-22-12(18)13(19)6-9(16)10(17)11(13)14-7-2-4-8(5-3-7)15(20)21/h2-5,14,17,19H,6H2,1H3. The number of aliphatic hydroxyl groups is 2. The fourth-order valence-corrected chi connectivity index (χ4v) is 2.06. The minimum absolute atomic E-state index is 0.158. The van der Waals surface area contributed by atoms with Crippen molar-refractivity contribution in [1.29, 1.82) is 0 Å². The molecule has 1 aromatic carbocycles. The number of nitrogens with zero attached hydrogens (tertiary/aromatic N) is 1. The summed E-state index contributed by atoms with van der Waals surface area (Å²) in [6.07, 6.45) is -0.652. The number of esters is 1. The van der Waals surface area contributed by atoms with Gasteiger partial charge in [-0.25, -0.2) is 4.79 Å². The lowest BCUT2D eigenvalue weighted by atomic mass is 10.0. The van der Waals surface area contributed by atoms with Gasteiger partial charge in [0.1, 0.15) is 5.70 Å². The Bertz CT molecular complexity index is 680. The second-order valence-electron chi connectivity index (χ2n) is 4.60. The molecule has 0 amide bonds. The van der Waals surface area contributed by atoms with Crippen LogP contribution in [0.1, 0.15) is 6.42 Å². The minimum Gasteiger partial charge on any atom is -0.503 e. The van der Waals surface area contributed by atoms with Gasteiger partial charge in [0.25, 0.3) is 5.69 Å². The van der Waals surface area contributed by atoms with Crippen LogP contribution < -0.4 is 5.32 Å². The van der Waals surface area contributed by atoms with Gasteiger partial charge in [-0.1, -0.05) is 0 Å². The molecule has 9 nitrogen and oxygen atoms in total. The van der Waals surface area contributed by atoms with E-state index in [9.17, 15) is 29.9 Å². The third kappa shape index (κ3) is 2.49. The van der Waals surface area contributed by atoms with E-state index in [4.69, 9.17) is 0 Å². The van der Waals surface area contributed by atoms with Crippen molar-refractivity contribution in [3.8, 4) is 0 Å². The number of allylic oxidation sites excluding steroid dienone is 1. The topological polar surface area (TPSA) is 139 Å². The zero-order chi connectivity index (χ0) is 16.5. The van der Waals surface area contributed by atoms with Gasteiger partial charge in [-0.15, -0.1) is 0 Å². The first-order chi connectivity index (χ1) is 10.3. The number of carbonyl (C=O) groups is 2. The van der Waals surface area contributed by atoms with E-state index in [0.717, 1.165) is 7.11 Å². The Labute approximate surface area is 124 Å². The highest BCUT2D eigenvalue weighted by molar-refractivity contribution is 6.05. The number of methoxy groups -OCH3 is 1. The Morgan fingerprint density at radius 1 is 1.41 bits per heavy atom. The molecular formula is C13H12N2O7. The molecule has 1 aliphatic rings. The first kappa shape index (κ1) is 15.4. The molecule has 0 saturated carbocycles. The summed E-state index contributed by atoms with van der Waals surface area (Å²) in [5.41, 5.74) is -2.66. The normalized spacial score (nSPS) is 20.9. The Kier molecular flexibility index (Phi) is 3.83. The molecule has 0 radical (unpaired) electrons. The third-order valence-corrected chi connectivity index (χ3v) is 3.20. The molecule has 3 N–H and O–H groups in total. The lowest BCUT2D eigenvalue weighted by molar-refractivity contribution is -0.384. The predicted octanol–water partition coefficient (Wildman–Crippen LogP) is 0.653. The molecule has 0 saturated heterocycles. The van der Waals surface area contributed by atoms with Crippen molar-refractivity contribution in [1.82, 2.24) is 0 Å². The fourth-order valence-electron chi connectivity index (χ4n) is 2.06. The van der Waals surface area contributed by atoms with E-state index in [1.165, 1.54) is 24.3 Å². The summed E-state index contributed by atoms with van der Waals surface area (Å²) in [6.45, 7) is 0. The van der Waals surface area contributed by atoms with Gasteiger partial charge in [0, 0.05) is 17.8 Å². The highest BCUT2D eigenvalue weighted by atomic mass is 16.6. The summed E-state index contributed by atoms with van der Waals surface area (Å²) in [7, 11) is 1.03. The lowest BCUT2D eigenvalue weighted by Gasteiger charge is -2.23. The van der Waals surface area contributed by atoms with Crippen molar-refractivity contribution in [3.05, 3.63) is 45.8 Å². The van der Waals surface area contributed by atoms with Gasteiger partial charge in [-0.2, -0.15) is 0 Å². The number of aliphatic hydroxyl groups excluding tert-OH is 1. The van der Waals surface area contributed by atoms with Crippen LogP contribution in [0.5, 0.6) is 0 Å². The van der Waals surface area contributed by atoms with Crippen molar-refractivity contribution in [2.24, 2.45) is 0 Å². The molecule has 22 heavy (non-hydrogen) atoms. The summed E-state index contributed by atoms with van der Waals surface area (Å²) >= 11 is 0. The summed E-state index contributed by atoms with van der Waals surface area (Å²) in [5.74, 6) is -2.71. The number of nitrogens with one attached hydrogen (secondary N) is 1. The number of nitro benzene ring substituents is 1. The summed E-state index contributed by atoms with van der Waals surface area (Å²) in [4.78, 5) is 33.2. The number of anilines is 1. The van der Waals surface area contributed by atoms with Crippen molar-refractivity contribution in [3.63, 3.8) is 0 Å². The quantitative estimate of drug-likeness (QED) is 0.418. The number of benzene rings is 1. The zero-order valence-corrected chi connectivity index (χ0v) is 11.4. The van der Waals surface area contributed by atoms with Crippen molar-refractivity contribution < 1.29 is 29.5 Å². The zero-order valence-electron chi connectivity index (χ0n) is 11.4.